The van der Waals surface area contributed by atoms with Crippen LogP contribution in [0, 0.1) is 0 Å². The van der Waals surface area contributed by atoms with Crippen LogP contribution in [0.4, 0.5) is 0 Å². The maximum Gasteiger partial charge on any atom is 0.253 e. The highest BCUT2D eigenvalue weighted by atomic mass is 16.5. The Morgan fingerprint density at radius 3 is 2.94 bits per heavy atom. The predicted molar refractivity (Wildman–Crippen MR) is 118 cm³/mol. The number of nitrogens with one attached hydrogen (secondary N) is 1. The Labute approximate surface area is 180 Å². The molecule has 0 saturated carbocycles. The number of H-pyrrole nitrogens is 1. The molecule has 31 heavy (non-hydrogen) atoms. The molecule has 1 aliphatic rings. The molecule has 7 nitrogen and oxygen atoms in total. The molecule has 2 aromatic heterocycles. The van der Waals surface area contributed by atoms with Gasteiger partial charge in [-0.1, -0.05) is 12.1 Å². The molecule has 1 N–H and O–H groups in total. The third-order valence-electron chi connectivity index (χ3n) is 5.45. The summed E-state index contributed by atoms with van der Waals surface area (Å²) in [6, 6.07) is 12.4. The molecule has 1 aliphatic heterocycles. The lowest BCUT2D eigenvalue weighted by Crippen LogP contribution is -2.28. The van der Waals surface area contributed by atoms with E-state index in [0.717, 1.165) is 17.7 Å². The first-order valence-corrected chi connectivity index (χ1v) is 10.2. The SMILES string of the molecule is C=CCc1cc(C(=O)N2CC[C@H](c3cc(=O)[nH]c(-c4ccccn4)n3)C2)ccc1OC. The molecule has 3 aromatic rings. The van der Waals surface area contributed by atoms with E-state index < -0.39 is 0 Å². The van der Waals surface area contributed by atoms with E-state index in [1.807, 2.05) is 29.2 Å². The Balaban J connectivity index is 1.54. The smallest absolute Gasteiger partial charge is 0.253 e. The topological polar surface area (TPSA) is 88.2 Å². The minimum Gasteiger partial charge on any atom is -0.496 e. The summed E-state index contributed by atoms with van der Waals surface area (Å²) in [6.07, 6.45) is 4.82. The fourth-order valence-corrected chi connectivity index (χ4v) is 3.91. The van der Waals surface area contributed by atoms with Crippen molar-refractivity contribution in [3.63, 3.8) is 0 Å². The first-order valence-electron chi connectivity index (χ1n) is 10.2. The number of allylic oxidation sites excluding steroid dienone is 1. The Hall–Kier alpha value is -3.74. The van der Waals surface area contributed by atoms with Crippen molar-refractivity contribution in [1.82, 2.24) is 19.9 Å². The number of hydrogen-bond donors (Lipinski definition) is 1. The highest BCUT2D eigenvalue weighted by Gasteiger charge is 2.29. The second-order valence-electron chi connectivity index (χ2n) is 7.49. The minimum absolute atomic E-state index is 0.000365. The van der Waals surface area contributed by atoms with E-state index in [1.54, 1.807) is 31.5 Å². The van der Waals surface area contributed by atoms with E-state index in [-0.39, 0.29) is 17.4 Å². The fourth-order valence-electron chi connectivity index (χ4n) is 3.91. The van der Waals surface area contributed by atoms with Gasteiger partial charge in [0.2, 0.25) is 0 Å². The van der Waals surface area contributed by atoms with Crippen LogP contribution >= 0.6 is 0 Å². The number of ether oxygens (including phenoxy) is 1. The summed E-state index contributed by atoms with van der Waals surface area (Å²) in [5.41, 5.74) is 2.61. The summed E-state index contributed by atoms with van der Waals surface area (Å²) in [5, 5.41) is 0. The van der Waals surface area contributed by atoms with Crippen molar-refractivity contribution in [2.75, 3.05) is 20.2 Å². The Morgan fingerprint density at radius 2 is 2.19 bits per heavy atom. The van der Waals surface area contributed by atoms with Gasteiger partial charge in [0.15, 0.2) is 5.82 Å². The Kier molecular flexibility index (Phi) is 5.93. The predicted octanol–water partition coefficient (Wildman–Crippen LogP) is 3.20. The van der Waals surface area contributed by atoms with Crippen molar-refractivity contribution in [1.29, 1.82) is 0 Å². The molecule has 1 fully saturated rings. The van der Waals surface area contributed by atoms with Gasteiger partial charge in [0.1, 0.15) is 11.4 Å². The van der Waals surface area contributed by atoms with Gasteiger partial charge in [0.25, 0.3) is 11.5 Å². The number of methoxy groups -OCH3 is 1. The lowest BCUT2D eigenvalue weighted by Gasteiger charge is -2.18. The van der Waals surface area contributed by atoms with Crippen molar-refractivity contribution >= 4 is 5.91 Å². The second kappa shape index (κ2) is 8.95. The quantitative estimate of drug-likeness (QED) is 0.624. The number of hydrogen-bond acceptors (Lipinski definition) is 5. The van der Waals surface area contributed by atoms with E-state index in [1.165, 1.54) is 6.07 Å². The maximum atomic E-state index is 13.1. The fraction of sp³-hybridized carbons (Fsp3) is 0.250. The average molecular weight is 416 g/mol. The molecule has 7 heteroatoms. The molecule has 0 unspecified atom stereocenters. The number of pyridine rings is 1. The van der Waals surface area contributed by atoms with Crippen molar-refractivity contribution in [3.05, 3.63) is 88.5 Å². The zero-order valence-corrected chi connectivity index (χ0v) is 17.4. The van der Waals surface area contributed by atoms with E-state index >= 15 is 0 Å². The van der Waals surface area contributed by atoms with Gasteiger partial charge < -0.3 is 14.6 Å². The van der Waals surface area contributed by atoms with E-state index in [9.17, 15) is 9.59 Å². The van der Waals surface area contributed by atoms with Gasteiger partial charge in [-0.2, -0.15) is 0 Å². The molecule has 1 aromatic carbocycles. The van der Waals surface area contributed by atoms with Crippen LogP contribution in [0.3, 0.4) is 0 Å². The normalized spacial score (nSPS) is 15.6. The van der Waals surface area contributed by atoms with Gasteiger partial charge in [0.05, 0.1) is 12.8 Å². The lowest BCUT2D eigenvalue weighted by atomic mass is 10.0. The summed E-state index contributed by atoms with van der Waals surface area (Å²) in [6.45, 7) is 4.90. The van der Waals surface area contributed by atoms with Crippen molar-refractivity contribution in [3.8, 4) is 17.3 Å². The molecule has 0 bridgehead atoms. The summed E-state index contributed by atoms with van der Waals surface area (Å²) in [5.74, 6) is 1.15. The standard InChI is InChI=1S/C24H24N4O3/c1-3-6-16-13-17(8-9-21(16)31-2)24(30)28-12-10-18(15-28)20-14-22(29)27-23(26-20)19-7-4-5-11-25-19/h3-5,7-9,11,13-14,18H,1,6,10,12,15H2,2H3,(H,26,27,29)/t18-/m0/s1. The summed E-state index contributed by atoms with van der Waals surface area (Å²) in [4.78, 5) is 38.8. The number of aromatic amines is 1. The number of amides is 1. The number of aromatic nitrogens is 3. The number of nitrogens with zero attached hydrogens (tertiary/aromatic N) is 3. The summed E-state index contributed by atoms with van der Waals surface area (Å²) < 4.78 is 5.37. The average Bonchev–Trinajstić information content (AvgIpc) is 3.29. The second-order valence-corrected chi connectivity index (χ2v) is 7.49. The summed E-state index contributed by atoms with van der Waals surface area (Å²) in [7, 11) is 1.61. The number of carbonyl (C=O) groups is 1. The molecule has 1 amide bonds. The number of likely N-dealkylation sites (tertiary alicyclic amines) is 1. The van der Waals surface area contributed by atoms with E-state index in [0.29, 0.717) is 42.3 Å². The summed E-state index contributed by atoms with van der Waals surface area (Å²) >= 11 is 0. The van der Waals surface area contributed by atoms with Gasteiger partial charge in [-0.3, -0.25) is 14.6 Å². The molecule has 3 heterocycles. The van der Waals surface area contributed by atoms with Gasteiger partial charge in [-0.05, 0) is 48.7 Å². The molecular formula is C24H24N4O3. The zero-order valence-electron chi connectivity index (χ0n) is 17.4. The van der Waals surface area contributed by atoms with Gasteiger partial charge in [0, 0.05) is 36.8 Å². The third kappa shape index (κ3) is 4.40. The number of carbonyl (C=O) groups excluding carboxylic acids is 1. The van der Waals surface area contributed by atoms with Gasteiger partial charge in [-0.25, -0.2) is 4.98 Å². The monoisotopic (exact) mass is 416 g/mol. The van der Waals surface area contributed by atoms with E-state index in [4.69, 9.17) is 4.74 Å². The van der Waals surface area contributed by atoms with Gasteiger partial charge in [-0.15, -0.1) is 6.58 Å². The van der Waals surface area contributed by atoms with Crippen molar-refractivity contribution in [2.24, 2.45) is 0 Å². The molecule has 158 valence electrons. The van der Waals surface area contributed by atoms with Crippen LogP contribution in [0.1, 0.15) is 34.0 Å². The van der Waals surface area contributed by atoms with E-state index in [2.05, 4.69) is 21.5 Å². The lowest BCUT2D eigenvalue weighted by molar-refractivity contribution is 0.0790. The molecular weight excluding hydrogens is 392 g/mol. The molecule has 1 atom stereocenters. The molecule has 1 saturated heterocycles. The third-order valence-corrected chi connectivity index (χ3v) is 5.45. The Morgan fingerprint density at radius 1 is 1.32 bits per heavy atom. The first-order chi connectivity index (χ1) is 15.1. The molecule has 0 radical (unpaired) electrons. The highest BCUT2D eigenvalue weighted by Crippen LogP contribution is 2.28. The molecule has 0 aliphatic carbocycles. The number of benzene rings is 1. The number of rotatable bonds is 6. The van der Waals surface area contributed by atoms with Crippen LogP contribution in [-0.4, -0.2) is 46.0 Å². The first kappa shape index (κ1) is 20.5. The highest BCUT2D eigenvalue weighted by molar-refractivity contribution is 5.95. The van der Waals surface area contributed by atoms with Crippen LogP contribution in [0.25, 0.3) is 11.5 Å². The van der Waals surface area contributed by atoms with Crippen LogP contribution in [0.5, 0.6) is 5.75 Å². The maximum absolute atomic E-state index is 13.1. The van der Waals surface area contributed by atoms with Crippen molar-refractivity contribution in [2.45, 2.75) is 18.8 Å². The van der Waals surface area contributed by atoms with Gasteiger partial charge >= 0.3 is 0 Å². The molecule has 4 rings (SSSR count). The Bertz CT molecular complexity index is 1160. The zero-order chi connectivity index (χ0) is 21.8. The van der Waals surface area contributed by atoms with Crippen molar-refractivity contribution < 1.29 is 9.53 Å². The van der Waals surface area contributed by atoms with Crippen LogP contribution in [0.15, 0.2) is 66.1 Å². The van der Waals surface area contributed by atoms with Crippen LogP contribution in [-0.2, 0) is 6.42 Å². The molecule has 0 spiro atoms. The minimum atomic E-state index is -0.223. The van der Waals surface area contributed by atoms with Crippen LogP contribution in [0.2, 0.25) is 0 Å². The largest absolute Gasteiger partial charge is 0.496 e. The van der Waals surface area contributed by atoms with Crippen LogP contribution < -0.4 is 10.3 Å².